The van der Waals surface area contributed by atoms with Crippen LogP contribution in [0.5, 0.6) is 11.5 Å². The number of benzene rings is 1. The Bertz CT molecular complexity index is 717. The molecule has 1 aromatic carbocycles. The Morgan fingerprint density at radius 2 is 1.93 bits per heavy atom. The Morgan fingerprint density at radius 1 is 1.10 bits per heavy atom. The minimum absolute atomic E-state index is 0.510. The average Bonchev–Trinajstić information content (AvgIpc) is 3.26. The Hall–Kier alpha value is -2.67. The van der Waals surface area contributed by atoms with E-state index in [4.69, 9.17) is 18.6 Å². The largest absolute Gasteiger partial charge is 0.493 e. The van der Waals surface area contributed by atoms with Crippen molar-refractivity contribution in [3.63, 3.8) is 0 Å². The van der Waals surface area contributed by atoms with Crippen LogP contribution in [0.4, 0.5) is 0 Å². The zero-order valence-corrected chi connectivity index (χ0v) is 17.7. The van der Waals surface area contributed by atoms with E-state index in [0.29, 0.717) is 19.8 Å². The Kier molecular flexibility index (Phi) is 10.5. The number of nitrogens with zero attached hydrogens (tertiary/aromatic N) is 1. The molecule has 0 unspecified atom stereocenters. The molecule has 0 amide bonds. The minimum atomic E-state index is 0.510. The van der Waals surface area contributed by atoms with Gasteiger partial charge in [0.2, 0.25) is 0 Å². The molecule has 29 heavy (non-hydrogen) atoms. The van der Waals surface area contributed by atoms with Crippen molar-refractivity contribution < 1.29 is 18.6 Å². The van der Waals surface area contributed by atoms with Crippen LogP contribution in [0.2, 0.25) is 0 Å². The monoisotopic (exact) mass is 403 g/mol. The zero-order valence-electron chi connectivity index (χ0n) is 17.7. The molecule has 7 heteroatoms. The van der Waals surface area contributed by atoms with Gasteiger partial charge >= 0.3 is 0 Å². The highest BCUT2D eigenvalue weighted by molar-refractivity contribution is 5.79. The molecule has 1 heterocycles. The molecule has 0 fully saturated rings. The van der Waals surface area contributed by atoms with Crippen molar-refractivity contribution in [3.05, 3.63) is 47.9 Å². The molecule has 7 nitrogen and oxygen atoms in total. The van der Waals surface area contributed by atoms with E-state index in [0.717, 1.165) is 55.6 Å². The molecule has 2 aromatic rings. The Balaban J connectivity index is 1.58. The summed E-state index contributed by atoms with van der Waals surface area (Å²) >= 11 is 0. The van der Waals surface area contributed by atoms with Crippen LogP contribution >= 0.6 is 0 Å². The molecule has 1 aromatic heterocycles. The van der Waals surface area contributed by atoms with Gasteiger partial charge in [-0.2, -0.15) is 0 Å². The van der Waals surface area contributed by atoms with Crippen molar-refractivity contribution in [2.24, 2.45) is 4.99 Å². The van der Waals surface area contributed by atoms with E-state index in [1.165, 1.54) is 5.56 Å². The molecule has 0 aliphatic carbocycles. The molecule has 0 bridgehead atoms. The van der Waals surface area contributed by atoms with E-state index in [1.54, 1.807) is 20.4 Å². The predicted molar refractivity (Wildman–Crippen MR) is 115 cm³/mol. The number of guanidine groups is 1. The molecule has 0 atom stereocenters. The van der Waals surface area contributed by atoms with Crippen LogP contribution in [-0.4, -0.2) is 46.4 Å². The number of methoxy groups -OCH3 is 1. The molecule has 0 radical (unpaired) electrons. The maximum Gasteiger partial charge on any atom is 0.190 e. The maximum absolute atomic E-state index is 5.64. The van der Waals surface area contributed by atoms with Gasteiger partial charge in [0.15, 0.2) is 17.5 Å². The number of ether oxygens (including phenoxy) is 3. The molecule has 160 valence electrons. The molecular weight excluding hydrogens is 370 g/mol. The van der Waals surface area contributed by atoms with Gasteiger partial charge in [0.25, 0.3) is 0 Å². The summed E-state index contributed by atoms with van der Waals surface area (Å²) in [6.45, 7) is 5.41. The van der Waals surface area contributed by atoms with Crippen LogP contribution < -0.4 is 20.1 Å². The van der Waals surface area contributed by atoms with Crippen molar-refractivity contribution in [2.45, 2.75) is 32.8 Å². The van der Waals surface area contributed by atoms with E-state index in [-0.39, 0.29) is 0 Å². The van der Waals surface area contributed by atoms with Crippen LogP contribution in [-0.2, 0) is 17.8 Å². The molecular formula is C22H33N3O4. The van der Waals surface area contributed by atoms with Crippen molar-refractivity contribution in [1.82, 2.24) is 10.6 Å². The first kappa shape index (κ1) is 22.6. The SMILES string of the molecule is CCOc1cc(CCCNC(=NC)NCCCOCc2ccco2)ccc1OC. The highest BCUT2D eigenvalue weighted by Gasteiger charge is 2.05. The third-order valence-electron chi connectivity index (χ3n) is 4.27. The summed E-state index contributed by atoms with van der Waals surface area (Å²) in [5, 5.41) is 6.64. The van der Waals surface area contributed by atoms with Gasteiger partial charge in [-0.1, -0.05) is 6.07 Å². The van der Waals surface area contributed by atoms with Gasteiger partial charge in [-0.05, 0) is 56.0 Å². The fourth-order valence-corrected chi connectivity index (χ4v) is 2.81. The third-order valence-corrected chi connectivity index (χ3v) is 4.27. The summed E-state index contributed by atoms with van der Waals surface area (Å²) in [7, 11) is 3.44. The average molecular weight is 404 g/mol. The second kappa shape index (κ2) is 13.5. The zero-order chi connectivity index (χ0) is 20.7. The third kappa shape index (κ3) is 8.48. The molecule has 0 saturated heterocycles. The molecule has 2 rings (SSSR count). The van der Waals surface area contributed by atoms with Gasteiger partial charge in [0.05, 0.1) is 20.0 Å². The first-order chi connectivity index (χ1) is 14.3. The van der Waals surface area contributed by atoms with E-state index in [9.17, 15) is 0 Å². The van der Waals surface area contributed by atoms with Crippen LogP contribution in [0.1, 0.15) is 31.1 Å². The van der Waals surface area contributed by atoms with Gasteiger partial charge in [-0.3, -0.25) is 4.99 Å². The van der Waals surface area contributed by atoms with E-state index in [1.807, 2.05) is 25.1 Å². The molecule has 0 saturated carbocycles. The molecule has 0 aliphatic heterocycles. The lowest BCUT2D eigenvalue weighted by molar-refractivity contribution is 0.105. The summed E-state index contributed by atoms with van der Waals surface area (Å²) < 4.78 is 21.8. The van der Waals surface area contributed by atoms with Crippen molar-refractivity contribution >= 4 is 5.96 Å². The molecule has 2 N–H and O–H groups in total. The van der Waals surface area contributed by atoms with Crippen molar-refractivity contribution in [2.75, 3.05) is 40.5 Å². The van der Waals surface area contributed by atoms with E-state index >= 15 is 0 Å². The minimum Gasteiger partial charge on any atom is -0.493 e. The second-order valence-electron chi connectivity index (χ2n) is 6.43. The van der Waals surface area contributed by atoms with E-state index in [2.05, 4.69) is 27.8 Å². The lowest BCUT2D eigenvalue weighted by atomic mass is 10.1. The summed E-state index contributed by atoms with van der Waals surface area (Å²) in [5.74, 6) is 3.22. The fraction of sp³-hybridized carbons (Fsp3) is 0.500. The topological polar surface area (TPSA) is 77.2 Å². The summed E-state index contributed by atoms with van der Waals surface area (Å²) in [5.41, 5.74) is 1.23. The number of aryl methyl sites for hydroxylation is 1. The quantitative estimate of drug-likeness (QED) is 0.303. The number of hydrogen-bond acceptors (Lipinski definition) is 5. The highest BCUT2D eigenvalue weighted by atomic mass is 16.5. The summed E-state index contributed by atoms with van der Waals surface area (Å²) in [4.78, 5) is 4.25. The fourth-order valence-electron chi connectivity index (χ4n) is 2.81. The first-order valence-electron chi connectivity index (χ1n) is 10.1. The van der Waals surface area contributed by atoms with Gasteiger partial charge < -0.3 is 29.3 Å². The molecule has 0 aliphatic rings. The number of nitrogens with one attached hydrogen (secondary N) is 2. The first-order valence-corrected chi connectivity index (χ1v) is 10.1. The van der Waals surface area contributed by atoms with Gasteiger partial charge in [0.1, 0.15) is 12.4 Å². The lowest BCUT2D eigenvalue weighted by Crippen LogP contribution is -2.38. The van der Waals surface area contributed by atoms with Gasteiger partial charge in [-0.15, -0.1) is 0 Å². The van der Waals surface area contributed by atoms with Crippen LogP contribution in [0, 0.1) is 0 Å². The van der Waals surface area contributed by atoms with Crippen LogP contribution in [0.3, 0.4) is 0 Å². The number of aliphatic imine (C=N–C) groups is 1. The van der Waals surface area contributed by atoms with Gasteiger partial charge in [-0.25, -0.2) is 0 Å². The Morgan fingerprint density at radius 3 is 2.62 bits per heavy atom. The van der Waals surface area contributed by atoms with Crippen LogP contribution in [0.25, 0.3) is 0 Å². The predicted octanol–water partition coefficient (Wildman–Crippen LogP) is 3.39. The standard InChI is InChI=1S/C22H33N3O4/c1-4-28-21-16-18(10-11-20(21)26-3)8-5-12-24-22(23-2)25-13-7-14-27-17-19-9-6-15-29-19/h6,9-11,15-16H,4-5,7-8,12-14,17H2,1-3H3,(H2,23,24,25). The number of rotatable bonds is 13. The lowest BCUT2D eigenvalue weighted by Gasteiger charge is -2.13. The maximum atomic E-state index is 5.64. The van der Waals surface area contributed by atoms with Gasteiger partial charge in [0, 0.05) is 26.7 Å². The number of furan rings is 1. The number of hydrogen-bond donors (Lipinski definition) is 2. The van der Waals surface area contributed by atoms with Crippen molar-refractivity contribution in [1.29, 1.82) is 0 Å². The van der Waals surface area contributed by atoms with E-state index < -0.39 is 0 Å². The molecule has 0 spiro atoms. The Labute approximate surface area is 173 Å². The highest BCUT2D eigenvalue weighted by Crippen LogP contribution is 2.28. The van der Waals surface area contributed by atoms with Crippen molar-refractivity contribution in [3.8, 4) is 11.5 Å². The smallest absolute Gasteiger partial charge is 0.190 e. The second-order valence-corrected chi connectivity index (χ2v) is 6.43. The summed E-state index contributed by atoms with van der Waals surface area (Å²) in [6, 6.07) is 9.87. The normalized spacial score (nSPS) is 11.3. The van der Waals surface area contributed by atoms with Crippen LogP contribution in [0.15, 0.2) is 46.0 Å². The summed E-state index contributed by atoms with van der Waals surface area (Å²) in [6.07, 6.45) is 4.50.